The molecule has 8 heteroatoms. The van der Waals surface area contributed by atoms with Crippen LogP contribution in [0, 0.1) is 0 Å². The van der Waals surface area contributed by atoms with E-state index in [1.54, 1.807) is 24.3 Å². The molecule has 0 radical (unpaired) electrons. The van der Waals surface area contributed by atoms with E-state index in [-0.39, 0.29) is 4.88 Å². The zero-order valence-corrected chi connectivity index (χ0v) is 11.2. The summed E-state index contributed by atoms with van der Waals surface area (Å²) in [4.78, 5) is 21.9. The third-order valence-corrected chi connectivity index (χ3v) is 3.66. The van der Waals surface area contributed by atoms with Crippen molar-refractivity contribution in [2.45, 2.75) is 6.18 Å². The molecule has 3 N–H and O–H groups in total. The molecular weight excluding hydrogens is 305 g/mol. The van der Waals surface area contributed by atoms with E-state index < -0.39 is 18.0 Å². The van der Waals surface area contributed by atoms with Crippen molar-refractivity contribution in [1.82, 2.24) is 0 Å². The number of anilines is 1. The monoisotopic (exact) mass is 314 g/mol. The van der Waals surface area contributed by atoms with Crippen molar-refractivity contribution in [2.24, 2.45) is 5.73 Å². The fourth-order valence-electron chi connectivity index (χ4n) is 1.61. The standard InChI is InChI=1S/C13H9F3N2O2S/c14-13(15,16)11(19)10-6-5-9(21-10)7-1-3-8(4-2-7)18-12(17)20/h1-6H,(H3,17,18,20). The second-order valence-electron chi connectivity index (χ2n) is 4.06. The molecule has 0 bridgehead atoms. The summed E-state index contributed by atoms with van der Waals surface area (Å²) in [6.45, 7) is 0. The lowest BCUT2D eigenvalue weighted by molar-refractivity contribution is -0.0882. The Balaban J connectivity index is 2.22. The van der Waals surface area contributed by atoms with Gasteiger partial charge < -0.3 is 11.1 Å². The van der Waals surface area contributed by atoms with E-state index in [0.717, 1.165) is 17.4 Å². The van der Waals surface area contributed by atoms with E-state index in [0.29, 0.717) is 16.1 Å². The number of benzene rings is 1. The Bertz CT molecular complexity index is 677. The average Bonchev–Trinajstić information content (AvgIpc) is 2.86. The number of hydrogen-bond donors (Lipinski definition) is 2. The zero-order chi connectivity index (χ0) is 15.6. The Kier molecular flexibility index (Phi) is 3.99. The first-order valence-electron chi connectivity index (χ1n) is 5.65. The van der Waals surface area contributed by atoms with Crippen molar-refractivity contribution in [3.63, 3.8) is 0 Å². The maximum absolute atomic E-state index is 12.3. The second-order valence-corrected chi connectivity index (χ2v) is 5.14. The Morgan fingerprint density at radius 3 is 2.19 bits per heavy atom. The van der Waals surface area contributed by atoms with Crippen LogP contribution in [0.5, 0.6) is 0 Å². The number of primary amides is 1. The van der Waals surface area contributed by atoms with Gasteiger partial charge in [0, 0.05) is 10.6 Å². The summed E-state index contributed by atoms with van der Waals surface area (Å²) >= 11 is 0.759. The normalized spacial score (nSPS) is 11.2. The highest BCUT2D eigenvalue weighted by atomic mass is 32.1. The van der Waals surface area contributed by atoms with Gasteiger partial charge in [-0.1, -0.05) is 12.1 Å². The van der Waals surface area contributed by atoms with Crippen molar-refractivity contribution in [2.75, 3.05) is 5.32 Å². The van der Waals surface area contributed by atoms with Crippen molar-refractivity contribution >= 4 is 28.8 Å². The van der Waals surface area contributed by atoms with Crippen LogP contribution in [0.25, 0.3) is 10.4 Å². The quantitative estimate of drug-likeness (QED) is 0.849. The first kappa shape index (κ1) is 15.0. The number of nitrogens with one attached hydrogen (secondary N) is 1. The van der Waals surface area contributed by atoms with E-state index in [2.05, 4.69) is 5.32 Å². The molecule has 2 amide bonds. The van der Waals surface area contributed by atoms with Crippen LogP contribution in [0.2, 0.25) is 0 Å². The number of urea groups is 1. The molecule has 0 aliphatic carbocycles. The van der Waals surface area contributed by atoms with Crippen LogP contribution < -0.4 is 11.1 Å². The fraction of sp³-hybridized carbons (Fsp3) is 0.0769. The van der Waals surface area contributed by atoms with E-state index in [1.807, 2.05) is 0 Å². The van der Waals surface area contributed by atoms with Gasteiger partial charge in [-0.2, -0.15) is 13.2 Å². The summed E-state index contributed by atoms with van der Waals surface area (Å²) in [7, 11) is 0. The van der Waals surface area contributed by atoms with Crippen LogP contribution in [0.4, 0.5) is 23.7 Å². The third kappa shape index (κ3) is 3.60. The molecule has 110 valence electrons. The second kappa shape index (κ2) is 5.57. The SMILES string of the molecule is NC(=O)Nc1ccc(-c2ccc(C(=O)C(F)(F)F)s2)cc1. The average molecular weight is 314 g/mol. The summed E-state index contributed by atoms with van der Waals surface area (Å²) in [5.74, 6) is -1.86. The van der Waals surface area contributed by atoms with E-state index in [4.69, 9.17) is 5.73 Å². The molecule has 2 aromatic rings. The highest BCUT2D eigenvalue weighted by Gasteiger charge is 2.40. The zero-order valence-electron chi connectivity index (χ0n) is 10.4. The highest BCUT2D eigenvalue weighted by Crippen LogP contribution is 2.32. The molecule has 2 rings (SSSR count). The van der Waals surface area contributed by atoms with Gasteiger partial charge in [-0.15, -0.1) is 11.3 Å². The van der Waals surface area contributed by atoms with Crippen LogP contribution >= 0.6 is 11.3 Å². The third-order valence-electron chi connectivity index (χ3n) is 2.52. The molecule has 1 heterocycles. The maximum atomic E-state index is 12.3. The largest absolute Gasteiger partial charge is 0.455 e. The Morgan fingerprint density at radius 1 is 1.05 bits per heavy atom. The number of carbonyl (C=O) groups is 2. The number of thiophene rings is 1. The van der Waals surface area contributed by atoms with Gasteiger partial charge in [-0.3, -0.25) is 4.79 Å². The number of halogens is 3. The van der Waals surface area contributed by atoms with Crippen LogP contribution in [0.3, 0.4) is 0 Å². The van der Waals surface area contributed by atoms with Gasteiger partial charge in [0.2, 0.25) is 0 Å². The fourth-order valence-corrected chi connectivity index (χ4v) is 2.59. The first-order valence-corrected chi connectivity index (χ1v) is 6.47. The number of carbonyl (C=O) groups excluding carboxylic acids is 2. The molecule has 21 heavy (non-hydrogen) atoms. The molecule has 4 nitrogen and oxygen atoms in total. The molecule has 0 aliphatic rings. The Morgan fingerprint density at radius 2 is 1.67 bits per heavy atom. The van der Waals surface area contributed by atoms with Crippen LogP contribution in [-0.4, -0.2) is 18.0 Å². The van der Waals surface area contributed by atoms with Crippen molar-refractivity contribution < 1.29 is 22.8 Å². The molecule has 0 atom stereocenters. The van der Waals surface area contributed by atoms with Gasteiger partial charge >= 0.3 is 12.2 Å². The van der Waals surface area contributed by atoms with Gasteiger partial charge in [0.05, 0.1) is 4.88 Å². The minimum Gasteiger partial charge on any atom is -0.351 e. The van der Waals surface area contributed by atoms with Gasteiger partial charge in [-0.05, 0) is 29.8 Å². The minimum atomic E-state index is -4.88. The number of ketones is 1. The van der Waals surface area contributed by atoms with Gasteiger partial charge in [0.1, 0.15) is 0 Å². The number of nitrogens with two attached hydrogens (primary N) is 1. The predicted octanol–water partition coefficient (Wildman–Crippen LogP) is 3.65. The minimum absolute atomic E-state index is 0.364. The smallest absolute Gasteiger partial charge is 0.351 e. The molecule has 0 unspecified atom stereocenters. The Labute approximate surface area is 121 Å². The molecule has 0 aliphatic heterocycles. The van der Waals surface area contributed by atoms with E-state index in [1.165, 1.54) is 6.07 Å². The van der Waals surface area contributed by atoms with E-state index in [9.17, 15) is 22.8 Å². The lowest BCUT2D eigenvalue weighted by Crippen LogP contribution is -2.21. The summed E-state index contributed by atoms with van der Waals surface area (Å²) in [6, 6.07) is 8.22. The van der Waals surface area contributed by atoms with Crippen LogP contribution in [-0.2, 0) is 0 Å². The van der Waals surface area contributed by atoms with Crippen molar-refractivity contribution in [3.8, 4) is 10.4 Å². The topological polar surface area (TPSA) is 72.2 Å². The molecule has 1 aromatic heterocycles. The van der Waals surface area contributed by atoms with Gasteiger partial charge in [0.15, 0.2) is 0 Å². The lowest BCUT2D eigenvalue weighted by Gasteiger charge is -2.03. The van der Waals surface area contributed by atoms with Gasteiger partial charge in [-0.25, -0.2) is 4.79 Å². The molecule has 0 saturated heterocycles. The molecule has 1 aromatic carbocycles. The highest BCUT2D eigenvalue weighted by molar-refractivity contribution is 7.17. The molecular formula is C13H9F3N2O2S. The molecule has 0 saturated carbocycles. The van der Waals surface area contributed by atoms with Crippen LogP contribution in [0.15, 0.2) is 36.4 Å². The lowest BCUT2D eigenvalue weighted by atomic mass is 10.1. The Hall–Kier alpha value is -2.35. The van der Waals surface area contributed by atoms with E-state index >= 15 is 0 Å². The molecule has 0 fully saturated rings. The number of Topliss-reactive ketones (excluding diaryl/α,β-unsaturated/α-hetero) is 1. The molecule has 0 spiro atoms. The predicted molar refractivity (Wildman–Crippen MR) is 73.3 cm³/mol. The summed E-state index contributed by atoms with van der Waals surface area (Å²) in [5, 5.41) is 2.37. The number of rotatable bonds is 3. The van der Waals surface area contributed by atoms with Crippen molar-refractivity contribution in [3.05, 3.63) is 41.3 Å². The summed E-state index contributed by atoms with van der Waals surface area (Å²) in [5.41, 5.74) is 6.06. The van der Waals surface area contributed by atoms with Crippen molar-refractivity contribution in [1.29, 1.82) is 0 Å². The first-order chi connectivity index (χ1) is 9.77. The number of alkyl halides is 3. The maximum Gasteiger partial charge on any atom is 0.455 e. The summed E-state index contributed by atoms with van der Waals surface area (Å²) in [6.07, 6.45) is -4.88. The number of hydrogen-bond acceptors (Lipinski definition) is 3. The van der Waals surface area contributed by atoms with Gasteiger partial charge in [0.25, 0.3) is 5.78 Å². The summed E-state index contributed by atoms with van der Waals surface area (Å²) < 4.78 is 37.0. The number of amides is 2. The van der Waals surface area contributed by atoms with Crippen LogP contribution in [0.1, 0.15) is 9.67 Å².